The summed E-state index contributed by atoms with van der Waals surface area (Å²) in [6, 6.07) is 13.8. The minimum Gasteiger partial charge on any atom is -0.451 e. The largest absolute Gasteiger partial charge is 0.451 e. The molecular formula is C22H17ClN2O4. The molecule has 29 heavy (non-hydrogen) atoms. The van der Waals surface area contributed by atoms with E-state index in [9.17, 15) is 14.4 Å². The molecule has 2 aromatic carbocycles. The van der Waals surface area contributed by atoms with Crippen LogP contribution in [0.1, 0.15) is 15.9 Å². The van der Waals surface area contributed by atoms with E-state index < -0.39 is 17.9 Å². The molecule has 1 atom stereocenters. The van der Waals surface area contributed by atoms with E-state index in [0.717, 1.165) is 5.39 Å². The van der Waals surface area contributed by atoms with Crippen LogP contribution >= 0.6 is 11.6 Å². The number of carbonyl (C=O) groups is 2. The van der Waals surface area contributed by atoms with E-state index in [1.54, 1.807) is 36.4 Å². The Hall–Kier alpha value is -3.56. The Morgan fingerprint density at radius 2 is 1.90 bits per heavy atom. The van der Waals surface area contributed by atoms with Gasteiger partial charge in [0.1, 0.15) is 6.04 Å². The highest BCUT2D eigenvalue weighted by molar-refractivity contribution is 6.30. The molecule has 7 heteroatoms. The first-order valence-electron chi connectivity index (χ1n) is 8.75. The number of hydrogen-bond donors (Lipinski definition) is 2. The Bertz CT molecular complexity index is 1150. The number of ether oxygens (including phenoxy) is 1. The lowest BCUT2D eigenvalue weighted by Gasteiger charge is -2.18. The highest BCUT2D eigenvalue weighted by Crippen LogP contribution is 2.17. The van der Waals surface area contributed by atoms with Crippen LogP contribution < -0.4 is 10.9 Å². The lowest BCUT2D eigenvalue weighted by atomic mass is 10.0. The third-order valence-corrected chi connectivity index (χ3v) is 4.51. The van der Waals surface area contributed by atoms with Crippen LogP contribution in [-0.2, 0) is 16.0 Å². The molecule has 0 radical (unpaired) electrons. The van der Waals surface area contributed by atoms with Crippen molar-refractivity contribution in [1.29, 1.82) is 0 Å². The van der Waals surface area contributed by atoms with Crippen molar-refractivity contribution in [1.82, 2.24) is 10.3 Å². The van der Waals surface area contributed by atoms with Crippen LogP contribution in [0.4, 0.5) is 0 Å². The van der Waals surface area contributed by atoms with Crippen molar-refractivity contribution < 1.29 is 14.3 Å². The number of nitrogens with one attached hydrogen (secondary N) is 2. The van der Waals surface area contributed by atoms with E-state index in [4.69, 9.17) is 22.8 Å². The average molecular weight is 409 g/mol. The third-order valence-electron chi connectivity index (χ3n) is 4.25. The Labute approximate surface area is 171 Å². The first-order chi connectivity index (χ1) is 14.0. The van der Waals surface area contributed by atoms with E-state index in [-0.39, 0.29) is 18.6 Å². The van der Waals surface area contributed by atoms with Gasteiger partial charge in [0.05, 0.1) is 0 Å². The van der Waals surface area contributed by atoms with Gasteiger partial charge in [-0.1, -0.05) is 35.7 Å². The van der Waals surface area contributed by atoms with Crippen molar-refractivity contribution in [2.75, 3.05) is 6.61 Å². The predicted molar refractivity (Wildman–Crippen MR) is 111 cm³/mol. The fourth-order valence-corrected chi connectivity index (χ4v) is 3.04. The summed E-state index contributed by atoms with van der Waals surface area (Å²) in [4.78, 5) is 39.8. The first-order valence-corrected chi connectivity index (χ1v) is 9.13. The van der Waals surface area contributed by atoms with Crippen LogP contribution in [0.3, 0.4) is 0 Å². The number of pyridine rings is 1. The van der Waals surface area contributed by atoms with Crippen LogP contribution in [-0.4, -0.2) is 29.5 Å². The maximum atomic E-state index is 12.6. The number of benzene rings is 2. The first kappa shape index (κ1) is 20.2. The Balaban J connectivity index is 1.91. The van der Waals surface area contributed by atoms with Gasteiger partial charge in [-0.25, -0.2) is 4.79 Å². The Morgan fingerprint density at radius 1 is 1.17 bits per heavy atom. The predicted octanol–water partition coefficient (Wildman–Crippen LogP) is 2.70. The summed E-state index contributed by atoms with van der Waals surface area (Å²) in [5.41, 5.74) is 1.26. The minimum absolute atomic E-state index is 0.0627. The summed E-state index contributed by atoms with van der Waals surface area (Å²) in [5, 5.41) is 3.91. The van der Waals surface area contributed by atoms with Crippen LogP contribution in [0, 0.1) is 12.3 Å². The summed E-state index contributed by atoms with van der Waals surface area (Å²) in [6.45, 7) is -0.220. The number of terminal acetylenes is 1. The Morgan fingerprint density at radius 3 is 2.62 bits per heavy atom. The van der Waals surface area contributed by atoms with Crippen LogP contribution in [0.5, 0.6) is 0 Å². The molecule has 0 fully saturated rings. The molecule has 3 aromatic rings. The zero-order valence-corrected chi connectivity index (χ0v) is 16.0. The van der Waals surface area contributed by atoms with Crippen molar-refractivity contribution in [3.8, 4) is 12.3 Å². The van der Waals surface area contributed by atoms with Gasteiger partial charge in [0, 0.05) is 34.0 Å². The number of amides is 1. The van der Waals surface area contributed by atoms with Gasteiger partial charge in [-0.15, -0.1) is 6.42 Å². The molecule has 1 aromatic heterocycles. The van der Waals surface area contributed by atoms with Crippen molar-refractivity contribution in [2.24, 2.45) is 0 Å². The van der Waals surface area contributed by atoms with E-state index in [1.807, 2.05) is 12.1 Å². The Kier molecular flexibility index (Phi) is 6.32. The minimum atomic E-state index is -1.03. The zero-order chi connectivity index (χ0) is 20.8. The quantitative estimate of drug-likeness (QED) is 0.485. The highest BCUT2D eigenvalue weighted by Gasteiger charge is 2.24. The van der Waals surface area contributed by atoms with Gasteiger partial charge in [0.2, 0.25) is 5.56 Å². The van der Waals surface area contributed by atoms with Crippen molar-refractivity contribution in [2.45, 2.75) is 12.5 Å². The van der Waals surface area contributed by atoms with Gasteiger partial charge in [-0.3, -0.25) is 9.59 Å². The monoisotopic (exact) mass is 408 g/mol. The number of esters is 1. The topological polar surface area (TPSA) is 88.3 Å². The highest BCUT2D eigenvalue weighted by atomic mass is 35.5. The van der Waals surface area contributed by atoms with Gasteiger partial charge >= 0.3 is 5.97 Å². The molecule has 0 aliphatic heterocycles. The number of carbonyl (C=O) groups excluding carboxylic acids is 2. The van der Waals surface area contributed by atoms with Gasteiger partial charge in [0.25, 0.3) is 5.91 Å². The normalized spacial score (nSPS) is 11.4. The van der Waals surface area contributed by atoms with Gasteiger partial charge in [-0.05, 0) is 35.9 Å². The molecule has 1 unspecified atom stereocenters. The van der Waals surface area contributed by atoms with Crippen molar-refractivity contribution >= 4 is 34.4 Å². The molecule has 2 N–H and O–H groups in total. The molecule has 1 amide bonds. The molecule has 0 saturated carbocycles. The van der Waals surface area contributed by atoms with Crippen LogP contribution in [0.15, 0.2) is 59.4 Å². The molecule has 1 heterocycles. The van der Waals surface area contributed by atoms with E-state index in [2.05, 4.69) is 16.2 Å². The maximum absolute atomic E-state index is 12.6. The molecule has 0 saturated heterocycles. The van der Waals surface area contributed by atoms with Gasteiger partial charge in [-0.2, -0.15) is 0 Å². The second-order valence-corrected chi connectivity index (χ2v) is 6.69. The lowest BCUT2D eigenvalue weighted by Crippen LogP contribution is -2.43. The molecule has 6 nitrogen and oxygen atoms in total. The molecule has 0 bridgehead atoms. The summed E-state index contributed by atoms with van der Waals surface area (Å²) >= 11 is 5.85. The van der Waals surface area contributed by atoms with Crippen molar-refractivity contribution in [3.63, 3.8) is 0 Å². The van der Waals surface area contributed by atoms with Crippen molar-refractivity contribution in [3.05, 3.63) is 81.1 Å². The number of para-hydroxylation sites is 1. The zero-order valence-electron chi connectivity index (χ0n) is 15.3. The second kappa shape index (κ2) is 9.09. The fourth-order valence-electron chi connectivity index (χ4n) is 2.92. The standard InChI is InChI=1S/C22H17ClN2O4/c1-2-11-29-22(28)19(25-21(27)14-7-9-16(23)10-8-14)12-15-13-20(26)24-18-6-4-3-5-17(15)18/h1,3-10,13,19H,11-12H2,(H,24,26)(H,25,27). The van der Waals surface area contributed by atoms with Gasteiger partial charge in [0.15, 0.2) is 6.61 Å². The lowest BCUT2D eigenvalue weighted by molar-refractivity contribution is -0.144. The van der Waals surface area contributed by atoms with E-state index >= 15 is 0 Å². The smallest absolute Gasteiger partial charge is 0.329 e. The number of hydrogen-bond acceptors (Lipinski definition) is 4. The van der Waals surface area contributed by atoms with Crippen LogP contribution in [0.2, 0.25) is 5.02 Å². The average Bonchev–Trinajstić information content (AvgIpc) is 2.71. The third kappa shape index (κ3) is 5.03. The summed E-state index contributed by atoms with van der Waals surface area (Å²) in [7, 11) is 0. The molecule has 0 aliphatic rings. The van der Waals surface area contributed by atoms with Gasteiger partial charge < -0.3 is 15.0 Å². The van der Waals surface area contributed by atoms with E-state index in [1.165, 1.54) is 6.07 Å². The number of fused-ring (bicyclic) bond motifs is 1. The van der Waals surface area contributed by atoms with Crippen LogP contribution in [0.25, 0.3) is 10.9 Å². The number of aromatic nitrogens is 1. The summed E-state index contributed by atoms with van der Waals surface area (Å²) in [5.74, 6) is 1.06. The van der Waals surface area contributed by atoms with E-state index in [0.29, 0.717) is 21.7 Å². The number of halogens is 1. The summed E-state index contributed by atoms with van der Waals surface area (Å²) < 4.78 is 5.03. The number of rotatable bonds is 6. The summed E-state index contributed by atoms with van der Waals surface area (Å²) in [6.07, 6.45) is 5.22. The molecule has 3 rings (SSSR count). The second-order valence-electron chi connectivity index (χ2n) is 6.25. The molecule has 0 spiro atoms. The maximum Gasteiger partial charge on any atom is 0.329 e. The SMILES string of the molecule is C#CCOC(=O)C(Cc1cc(=O)[nH]c2ccccc12)NC(=O)c1ccc(Cl)cc1. The fraction of sp³-hybridized carbons (Fsp3) is 0.136. The number of aromatic amines is 1. The number of H-pyrrole nitrogens is 1. The molecule has 0 aliphatic carbocycles. The molecule has 146 valence electrons. The molecular weight excluding hydrogens is 392 g/mol.